The Kier molecular flexibility index (Phi) is 3.52. The Morgan fingerprint density at radius 1 is 0.950 bits per heavy atom. The minimum absolute atomic E-state index is 0.0809. The molecule has 0 saturated heterocycles. The maximum absolute atomic E-state index is 13.5. The van der Waals surface area contributed by atoms with Crippen LogP contribution in [0, 0.1) is 11.6 Å². The Hall–Kier alpha value is -2.31. The van der Waals surface area contributed by atoms with Crippen molar-refractivity contribution in [2.75, 3.05) is 11.1 Å². The number of halogens is 5. The normalized spacial score (nSPS) is 11.4. The topological polar surface area (TPSA) is 38.0 Å². The Morgan fingerprint density at radius 2 is 1.65 bits per heavy atom. The summed E-state index contributed by atoms with van der Waals surface area (Å²) in [5.41, 5.74) is 3.38. The van der Waals surface area contributed by atoms with Gasteiger partial charge in [0.1, 0.15) is 0 Å². The van der Waals surface area contributed by atoms with Crippen LogP contribution < -0.4 is 11.1 Å². The number of alkyl halides is 3. The summed E-state index contributed by atoms with van der Waals surface area (Å²) in [6.07, 6.45) is -4.67. The molecule has 0 saturated carbocycles. The second kappa shape index (κ2) is 4.99. The van der Waals surface area contributed by atoms with Crippen LogP contribution in [-0.4, -0.2) is 0 Å². The first-order chi connectivity index (χ1) is 9.29. The summed E-state index contributed by atoms with van der Waals surface area (Å²) >= 11 is 0. The zero-order valence-electron chi connectivity index (χ0n) is 9.93. The van der Waals surface area contributed by atoms with E-state index in [1.807, 2.05) is 0 Å². The smallest absolute Gasteiger partial charge is 0.399 e. The number of nitrogens with two attached hydrogens (primary N) is 1. The third-order valence-corrected chi connectivity index (χ3v) is 2.57. The molecule has 20 heavy (non-hydrogen) atoms. The van der Waals surface area contributed by atoms with Crippen molar-refractivity contribution in [3.05, 3.63) is 53.6 Å². The van der Waals surface area contributed by atoms with Crippen molar-refractivity contribution in [1.82, 2.24) is 0 Å². The maximum Gasteiger partial charge on any atom is 0.418 e. The second-order valence-corrected chi connectivity index (χ2v) is 4.03. The fourth-order valence-corrected chi connectivity index (χ4v) is 1.65. The van der Waals surface area contributed by atoms with Gasteiger partial charge < -0.3 is 11.1 Å². The molecule has 0 bridgehead atoms. The molecule has 2 rings (SSSR count). The van der Waals surface area contributed by atoms with E-state index in [1.165, 1.54) is 12.1 Å². The standard InChI is InChI=1S/C13H9F5N2/c14-9-2-1-3-11(12(9)15)20-10-5-4-7(19)6-8(10)13(16,17)18/h1-6,20H,19H2. The lowest BCUT2D eigenvalue weighted by Gasteiger charge is -2.15. The lowest BCUT2D eigenvalue weighted by molar-refractivity contribution is -0.136. The summed E-state index contributed by atoms with van der Waals surface area (Å²) in [7, 11) is 0. The predicted octanol–water partition coefficient (Wildman–Crippen LogP) is 4.31. The summed E-state index contributed by atoms with van der Waals surface area (Å²) in [4.78, 5) is 0. The molecule has 0 aliphatic rings. The molecule has 2 nitrogen and oxygen atoms in total. The summed E-state index contributed by atoms with van der Waals surface area (Å²) in [6, 6.07) is 6.20. The Labute approximate surface area is 111 Å². The van der Waals surface area contributed by atoms with Crippen LogP contribution in [0.1, 0.15) is 5.56 Å². The highest BCUT2D eigenvalue weighted by molar-refractivity contribution is 5.67. The van der Waals surface area contributed by atoms with Crippen LogP contribution in [0.5, 0.6) is 0 Å². The summed E-state index contributed by atoms with van der Waals surface area (Å²) in [5, 5.41) is 2.22. The molecule has 0 aliphatic heterocycles. The first-order valence-corrected chi connectivity index (χ1v) is 5.47. The average molecular weight is 288 g/mol. The van der Waals surface area contributed by atoms with E-state index >= 15 is 0 Å². The second-order valence-electron chi connectivity index (χ2n) is 4.03. The molecule has 0 amide bonds. The number of rotatable bonds is 2. The van der Waals surface area contributed by atoms with Gasteiger partial charge in [-0.15, -0.1) is 0 Å². The van der Waals surface area contributed by atoms with Gasteiger partial charge in [-0.2, -0.15) is 13.2 Å². The third-order valence-electron chi connectivity index (χ3n) is 2.57. The fourth-order valence-electron chi connectivity index (χ4n) is 1.65. The maximum atomic E-state index is 13.5. The van der Waals surface area contributed by atoms with Gasteiger partial charge in [0.2, 0.25) is 0 Å². The molecule has 0 spiro atoms. The Balaban J connectivity index is 2.46. The van der Waals surface area contributed by atoms with Gasteiger partial charge >= 0.3 is 6.18 Å². The van der Waals surface area contributed by atoms with Gasteiger partial charge in [-0.3, -0.25) is 0 Å². The van der Waals surface area contributed by atoms with Gasteiger partial charge in [-0.25, -0.2) is 8.78 Å². The number of hydrogen-bond acceptors (Lipinski definition) is 2. The minimum Gasteiger partial charge on any atom is -0.399 e. The van der Waals surface area contributed by atoms with Crippen molar-refractivity contribution >= 4 is 17.1 Å². The molecular weight excluding hydrogens is 279 g/mol. The zero-order valence-corrected chi connectivity index (χ0v) is 9.93. The van der Waals surface area contributed by atoms with E-state index in [0.29, 0.717) is 0 Å². The van der Waals surface area contributed by atoms with Crippen LogP contribution in [0.4, 0.5) is 39.0 Å². The van der Waals surface area contributed by atoms with Crippen LogP contribution in [0.25, 0.3) is 0 Å². The Morgan fingerprint density at radius 3 is 2.30 bits per heavy atom. The minimum atomic E-state index is -4.67. The molecule has 0 heterocycles. The largest absolute Gasteiger partial charge is 0.418 e. The molecule has 2 aromatic carbocycles. The van der Waals surface area contributed by atoms with Crippen molar-refractivity contribution < 1.29 is 22.0 Å². The molecular formula is C13H9F5N2. The molecule has 7 heteroatoms. The molecule has 0 unspecified atom stereocenters. The van der Waals surface area contributed by atoms with Crippen LogP contribution in [0.3, 0.4) is 0 Å². The van der Waals surface area contributed by atoms with Crippen LogP contribution in [-0.2, 0) is 6.18 Å². The van der Waals surface area contributed by atoms with E-state index in [-0.39, 0.29) is 11.4 Å². The summed E-state index contributed by atoms with van der Waals surface area (Å²) in [5.74, 6) is -2.41. The highest BCUT2D eigenvalue weighted by Crippen LogP contribution is 2.37. The van der Waals surface area contributed by atoms with Crippen molar-refractivity contribution in [1.29, 1.82) is 0 Å². The van der Waals surface area contributed by atoms with Crippen molar-refractivity contribution in [3.63, 3.8) is 0 Å². The molecule has 2 aromatic rings. The van der Waals surface area contributed by atoms with Crippen molar-refractivity contribution in [2.45, 2.75) is 6.18 Å². The summed E-state index contributed by atoms with van der Waals surface area (Å²) in [6.45, 7) is 0. The quantitative estimate of drug-likeness (QED) is 0.638. The van der Waals surface area contributed by atoms with Crippen LogP contribution in [0.15, 0.2) is 36.4 Å². The summed E-state index contributed by atoms with van der Waals surface area (Å²) < 4.78 is 65.0. The number of anilines is 3. The van der Waals surface area contributed by atoms with Crippen molar-refractivity contribution in [2.24, 2.45) is 0 Å². The lowest BCUT2D eigenvalue weighted by atomic mass is 10.1. The van der Waals surface area contributed by atoms with E-state index in [4.69, 9.17) is 5.73 Å². The van der Waals surface area contributed by atoms with E-state index in [2.05, 4.69) is 5.32 Å². The van der Waals surface area contributed by atoms with Crippen molar-refractivity contribution in [3.8, 4) is 0 Å². The van der Waals surface area contributed by atoms with Gasteiger partial charge in [-0.1, -0.05) is 6.07 Å². The van der Waals surface area contributed by atoms with Gasteiger partial charge in [0.25, 0.3) is 0 Å². The van der Waals surface area contributed by atoms with Gasteiger partial charge in [0.15, 0.2) is 11.6 Å². The number of nitrogens with one attached hydrogen (secondary N) is 1. The highest BCUT2D eigenvalue weighted by Gasteiger charge is 2.34. The number of hydrogen-bond donors (Lipinski definition) is 2. The SMILES string of the molecule is Nc1ccc(Nc2cccc(F)c2F)c(C(F)(F)F)c1. The third kappa shape index (κ3) is 2.81. The first kappa shape index (κ1) is 14.1. The molecule has 0 aliphatic carbocycles. The molecule has 106 valence electrons. The Bertz CT molecular complexity index is 637. The lowest BCUT2D eigenvalue weighted by Crippen LogP contribution is -2.10. The van der Waals surface area contributed by atoms with Gasteiger partial charge in [0.05, 0.1) is 16.9 Å². The first-order valence-electron chi connectivity index (χ1n) is 5.47. The molecule has 0 radical (unpaired) electrons. The highest BCUT2D eigenvalue weighted by atomic mass is 19.4. The van der Waals surface area contributed by atoms with Gasteiger partial charge in [0, 0.05) is 5.69 Å². The molecule has 0 fully saturated rings. The van der Waals surface area contributed by atoms with E-state index in [0.717, 1.165) is 24.3 Å². The number of nitrogen functional groups attached to an aromatic ring is 1. The molecule has 0 atom stereocenters. The molecule has 0 aromatic heterocycles. The number of benzene rings is 2. The van der Waals surface area contributed by atoms with E-state index in [1.54, 1.807) is 0 Å². The predicted molar refractivity (Wildman–Crippen MR) is 65.5 cm³/mol. The molecule has 3 N–H and O–H groups in total. The van der Waals surface area contributed by atoms with Crippen LogP contribution in [0.2, 0.25) is 0 Å². The zero-order chi connectivity index (χ0) is 14.9. The van der Waals surface area contributed by atoms with E-state index in [9.17, 15) is 22.0 Å². The monoisotopic (exact) mass is 288 g/mol. The van der Waals surface area contributed by atoms with E-state index < -0.39 is 29.1 Å². The fraction of sp³-hybridized carbons (Fsp3) is 0.0769. The van der Waals surface area contributed by atoms with Gasteiger partial charge in [-0.05, 0) is 30.3 Å². The van der Waals surface area contributed by atoms with Crippen LogP contribution >= 0.6 is 0 Å². The average Bonchev–Trinajstić information content (AvgIpc) is 2.36.